The Morgan fingerprint density at radius 2 is 2.38 bits per heavy atom. The van der Waals surface area contributed by atoms with Gasteiger partial charge in [-0.25, -0.2) is 0 Å². The Hall–Kier alpha value is -0.650. The first-order valence-corrected chi connectivity index (χ1v) is 5.75. The van der Waals surface area contributed by atoms with Crippen molar-refractivity contribution in [3.8, 4) is 0 Å². The summed E-state index contributed by atoms with van der Waals surface area (Å²) in [5.74, 6) is 0.109. The minimum Gasteiger partial charge on any atom is -0.395 e. The van der Waals surface area contributed by atoms with E-state index in [0.29, 0.717) is 26.2 Å². The van der Waals surface area contributed by atoms with Crippen molar-refractivity contribution in [3.63, 3.8) is 0 Å². The highest BCUT2D eigenvalue weighted by molar-refractivity contribution is 5.78. The molecule has 1 aliphatic heterocycles. The lowest BCUT2D eigenvalue weighted by Crippen LogP contribution is -2.49. The Labute approximate surface area is 97.0 Å². The first-order valence-electron chi connectivity index (χ1n) is 5.75. The number of likely N-dealkylation sites (N-methyl/N-ethyl adjacent to an activating group) is 1. The zero-order chi connectivity index (χ0) is 12.1. The molecule has 0 aromatic rings. The summed E-state index contributed by atoms with van der Waals surface area (Å²) in [7, 11) is 1.85. The quantitative estimate of drug-likeness (QED) is 0.710. The second kappa shape index (κ2) is 6.18. The van der Waals surface area contributed by atoms with E-state index in [0.717, 1.165) is 0 Å². The first-order chi connectivity index (χ1) is 7.54. The lowest BCUT2D eigenvalue weighted by atomic mass is 10.2. The van der Waals surface area contributed by atoms with Crippen LogP contribution in [-0.4, -0.2) is 72.9 Å². The van der Waals surface area contributed by atoms with E-state index in [9.17, 15) is 4.79 Å². The molecule has 0 aliphatic carbocycles. The molecule has 0 bridgehead atoms. The minimum absolute atomic E-state index is 0.0161. The molecule has 0 radical (unpaired) electrons. The number of aliphatic hydroxyl groups excluding tert-OH is 1. The van der Waals surface area contributed by atoms with E-state index in [4.69, 9.17) is 9.84 Å². The Balaban J connectivity index is 2.39. The maximum atomic E-state index is 11.9. The largest absolute Gasteiger partial charge is 0.395 e. The van der Waals surface area contributed by atoms with Gasteiger partial charge in [-0.3, -0.25) is 9.69 Å². The number of rotatable bonds is 4. The van der Waals surface area contributed by atoms with Crippen LogP contribution in [0.5, 0.6) is 0 Å². The van der Waals surface area contributed by atoms with Crippen LogP contribution in [0.2, 0.25) is 0 Å². The number of nitrogens with zero attached hydrogens (tertiary/aromatic N) is 2. The molecule has 0 aromatic heterocycles. The number of carbonyl (C=O) groups is 1. The molecule has 1 saturated heterocycles. The van der Waals surface area contributed by atoms with Gasteiger partial charge in [0.1, 0.15) is 0 Å². The van der Waals surface area contributed by atoms with Crippen molar-refractivity contribution >= 4 is 5.91 Å². The number of amides is 1. The van der Waals surface area contributed by atoms with Gasteiger partial charge in [0.2, 0.25) is 5.91 Å². The Morgan fingerprint density at radius 3 is 2.94 bits per heavy atom. The topological polar surface area (TPSA) is 53.0 Å². The lowest BCUT2D eigenvalue weighted by Gasteiger charge is -2.33. The summed E-state index contributed by atoms with van der Waals surface area (Å²) in [6.07, 6.45) is 0.123. The van der Waals surface area contributed by atoms with Crippen molar-refractivity contribution < 1.29 is 14.6 Å². The monoisotopic (exact) mass is 230 g/mol. The van der Waals surface area contributed by atoms with Gasteiger partial charge >= 0.3 is 0 Å². The van der Waals surface area contributed by atoms with Crippen LogP contribution in [0.4, 0.5) is 0 Å². The van der Waals surface area contributed by atoms with Gasteiger partial charge in [0.05, 0.1) is 25.9 Å². The molecule has 5 nitrogen and oxygen atoms in total. The highest BCUT2D eigenvalue weighted by Crippen LogP contribution is 2.05. The van der Waals surface area contributed by atoms with Crippen LogP contribution in [-0.2, 0) is 9.53 Å². The molecule has 1 heterocycles. The van der Waals surface area contributed by atoms with Gasteiger partial charge in [0.25, 0.3) is 0 Å². The zero-order valence-electron chi connectivity index (χ0n) is 10.3. The molecule has 5 heteroatoms. The molecule has 0 spiro atoms. The Kier molecular flexibility index (Phi) is 5.18. The average Bonchev–Trinajstić information content (AvgIpc) is 2.27. The molecule has 16 heavy (non-hydrogen) atoms. The molecule has 0 aromatic carbocycles. The van der Waals surface area contributed by atoms with Gasteiger partial charge in [0, 0.05) is 19.1 Å². The number of carbonyl (C=O) groups excluding carboxylic acids is 1. The maximum absolute atomic E-state index is 11.9. The highest BCUT2D eigenvalue weighted by Gasteiger charge is 2.23. The third kappa shape index (κ3) is 3.73. The molecule has 1 rings (SSSR count). The van der Waals surface area contributed by atoms with Crippen molar-refractivity contribution in [2.45, 2.75) is 26.0 Å². The average molecular weight is 230 g/mol. The fourth-order valence-corrected chi connectivity index (χ4v) is 1.65. The molecule has 2 unspecified atom stereocenters. The fourth-order valence-electron chi connectivity index (χ4n) is 1.65. The van der Waals surface area contributed by atoms with Crippen LogP contribution < -0.4 is 0 Å². The molecule has 1 fully saturated rings. The summed E-state index contributed by atoms with van der Waals surface area (Å²) in [6, 6.07) is 0.0161. The second-order valence-electron chi connectivity index (χ2n) is 4.47. The van der Waals surface area contributed by atoms with Crippen molar-refractivity contribution in [2.75, 3.05) is 39.9 Å². The Morgan fingerprint density at radius 1 is 1.69 bits per heavy atom. The summed E-state index contributed by atoms with van der Waals surface area (Å²) in [4.78, 5) is 15.6. The molecular weight excluding hydrogens is 208 g/mol. The molecule has 1 aliphatic rings. The predicted octanol–water partition coefficient (Wildman–Crippen LogP) is -0.454. The summed E-state index contributed by atoms with van der Waals surface area (Å²) >= 11 is 0. The van der Waals surface area contributed by atoms with Gasteiger partial charge in [0.15, 0.2) is 0 Å². The summed E-state index contributed by atoms with van der Waals surface area (Å²) in [5.41, 5.74) is 0. The zero-order valence-corrected chi connectivity index (χ0v) is 10.3. The summed E-state index contributed by atoms with van der Waals surface area (Å²) in [6.45, 7) is 6.25. The van der Waals surface area contributed by atoms with Crippen molar-refractivity contribution in [2.24, 2.45) is 0 Å². The van der Waals surface area contributed by atoms with Gasteiger partial charge in [-0.15, -0.1) is 0 Å². The first kappa shape index (κ1) is 13.4. The molecule has 0 saturated carbocycles. The van der Waals surface area contributed by atoms with Gasteiger partial charge in [-0.1, -0.05) is 0 Å². The summed E-state index contributed by atoms with van der Waals surface area (Å²) < 4.78 is 5.38. The number of morpholine rings is 1. The fraction of sp³-hybridized carbons (Fsp3) is 0.909. The van der Waals surface area contributed by atoms with Gasteiger partial charge in [-0.05, 0) is 20.9 Å². The molecule has 2 atom stereocenters. The predicted molar refractivity (Wildman–Crippen MR) is 61.2 cm³/mol. The van der Waals surface area contributed by atoms with E-state index in [1.807, 2.05) is 30.7 Å². The van der Waals surface area contributed by atoms with Gasteiger partial charge < -0.3 is 14.7 Å². The minimum atomic E-state index is 0.0161. The second-order valence-corrected chi connectivity index (χ2v) is 4.47. The van der Waals surface area contributed by atoms with E-state index in [-0.39, 0.29) is 24.7 Å². The SMILES string of the molecule is CC1CN(C(=O)CN(C)C(C)CO)CCO1. The van der Waals surface area contributed by atoms with Crippen LogP contribution in [0.15, 0.2) is 0 Å². The number of hydrogen-bond acceptors (Lipinski definition) is 4. The normalized spacial score (nSPS) is 23.6. The van der Waals surface area contributed by atoms with Crippen molar-refractivity contribution in [3.05, 3.63) is 0 Å². The molecule has 1 N–H and O–H groups in total. The van der Waals surface area contributed by atoms with Crippen LogP contribution in [0.25, 0.3) is 0 Å². The van der Waals surface area contributed by atoms with Crippen LogP contribution >= 0.6 is 0 Å². The van der Waals surface area contributed by atoms with Crippen LogP contribution in [0.1, 0.15) is 13.8 Å². The van der Waals surface area contributed by atoms with Gasteiger partial charge in [-0.2, -0.15) is 0 Å². The highest BCUT2D eigenvalue weighted by atomic mass is 16.5. The van der Waals surface area contributed by atoms with Crippen molar-refractivity contribution in [1.29, 1.82) is 0 Å². The molecule has 1 amide bonds. The van der Waals surface area contributed by atoms with E-state index >= 15 is 0 Å². The van der Waals surface area contributed by atoms with E-state index in [2.05, 4.69) is 0 Å². The number of aliphatic hydroxyl groups is 1. The maximum Gasteiger partial charge on any atom is 0.236 e. The smallest absolute Gasteiger partial charge is 0.236 e. The molecule has 94 valence electrons. The van der Waals surface area contributed by atoms with Crippen molar-refractivity contribution in [1.82, 2.24) is 9.80 Å². The van der Waals surface area contributed by atoms with Crippen LogP contribution in [0.3, 0.4) is 0 Å². The summed E-state index contributed by atoms with van der Waals surface area (Å²) in [5, 5.41) is 8.98. The van der Waals surface area contributed by atoms with E-state index < -0.39 is 0 Å². The van der Waals surface area contributed by atoms with Crippen LogP contribution in [0, 0.1) is 0 Å². The number of hydrogen-bond donors (Lipinski definition) is 1. The molecular formula is C11H22N2O3. The standard InChI is InChI=1S/C11H22N2O3/c1-9(8-14)12(3)7-11(15)13-4-5-16-10(2)6-13/h9-10,14H,4-8H2,1-3H3. The lowest BCUT2D eigenvalue weighted by molar-refractivity contribution is -0.139. The van der Waals surface area contributed by atoms with E-state index in [1.165, 1.54) is 0 Å². The number of ether oxygens (including phenoxy) is 1. The third-order valence-electron chi connectivity index (χ3n) is 3.00. The van der Waals surface area contributed by atoms with E-state index in [1.54, 1.807) is 0 Å². The third-order valence-corrected chi connectivity index (χ3v) is 3.00. The Bertz CT molecular complexity index is 235.